The third kappa shape index (κ3) is 8.87. The van der Waals surface area contributed by atoms with E-state index < -0.39 is 0 Å². The van der Waals surface area contributed by atoms with E-state index in [0.29, 0.717) is 12.5 Å². The summed E-state index contributed by atoms with van der Waals surface area (Å²) in [7, 11) is 1.77. The van der Waals surface area contributed by atoms with Gasteiger partial charge in [-0.3, -0.25) is 9.79 Å². The molecule has 0 spiro atoms. The van der Waals surface area contributed by atoms with E-state index in [0.717, 1.165) is 49.6 Å². The zero-order valence-electron chi connectivity index (χ0n) is 19.6. The van der Waals surface area contributed by atoms with Gasteiger partial charge >= 0.3 is 0 Å². The Morgan fingerprint density at radius 2 is 1.94 bits per heavy atom. The van der Waals surface area contributed by atoms with Crippen molar-refractivity contribution < 1.29 is 4.74 Å². The van der Waals surface area contributed by atoms with Crippen molar-refractivity contribution in [2.75, 3.05) is 13.6 Å². The van der Waals surface area contributed by atoms with Gasteiger partial charge in [-0.2, -0.15) is 0 Å². The molecule has 0 aliphatic heterocycles. The number of aryl methyl sites for hydroxylation is 2. The predicted octanol–water partition coefficient (Wildman–Crippen LogP) is 4.12. The number of benzene rings is 1. The number of aliphatic imine (C=N–C) groups is 1. The van der Waals surface area contributed by atoms with Gasteiger partial charge in [-0.25, -0.2) is 0 Å². The minimum atomic E-state index is 0.0479. The number of rotatable bonds is 11. The van der Waals surface area contributed by atoms with Crippen LogP contribution in [0.4, 0.5) is 0 Å². The topological polar surface area (TPSA) is 67.7 Å². The van der Waals surface area contributed by atoms with Crippen molar-refractivity contribution in [1.29, 1.82) is 0 Å². The molecule has 0 saturated heterocycles. The van der Waals surface area contributed by atoms with Crippen LogP contribution in [0.1, 0.15) is 51.2 Å². The summed E-state index contributed by atoms with van der Waals surface area (Å²) in [6.45, 7) is 10.8. The van der Waals surface area contributed by atoms with Gasteiger partial charge in [-0.05, 0) is 56.7 Å². The van der Waals surface area contributed by atoms with E-state index in [-0.39, 0.29) is 11.7 Å². The van der Waals surface area contributed by atoms with Gasteiger partial charge in [-0.1, -0.05) is 32.0 Å². The Morgan fingerprint density at radius 3 is 2.65 bits per heavy atom. The molecule has 1 atom stereocenters. The molecule has 31 heavy (non-hydrogen) atoms. The number of ether oxygens (including phenoxy) is 1. The summed E-state index contributed by atoms with van der Waals surface area (Å²) < 4.78 is 7.98. The number of nitrogens with one attached hydrogen (secondary N) is 2. The van der Waals surface area contributed by atoms with Crippen molar-refractivity contribution in [2.24, 2.45) is 10.9 Å². The number of hydrogen-bond acceptors (Lipinski definition) is 3. The van der Waals surface area contributed by atoms with E-state index in [1.165, 1.54) is 5.56 Å². The number of unbranched alkanes of at least 4 members (excludes halogenated alkanes) is 1. The number of aromatic nitrogens is 1. The lowest BCUT2D eigenvalue weighted by molar-refractivity contribution is 0.191. The van der Waals surface area contributed by atoms with Crippen LogP contribution in [-0.2, 0) is 13.1 Å². The normalized spacial score (nSPS) is 12.6. The van der Waals surface area contributed by atoms with Gasteiger partial charge in [0, 0.05) is 44.5 Å². The number of hydrogen-bond donors (Lipinski definition) is 2. The van der Waals surface area contributed by atoms with Crippen molar-refractivity contribution in [3.63, 3.8) is 0 Å². The Bertz CT molecular complexity index is 889. The van der Waals surface area contributed by atoms with Crippen LogP contribution in [0.25, 0.3) is 0 Å². The van der Waals surface area contributed by atoms with Crippen LogP contribution in [0.2, 0.25) is 0 Å². The fraction of sp³-hybridized carbons (Fsp3) is 0.520. The average molecular weight is 427 g/mol. The van der Waals surface area contributed by atoms with Crippen LogP contribution in [0, 0.1) is 12.8 Å². The highest BCUT2D eigenvalue weighted by Crippen LogP contribution is 2.23. The van der Waals surface area contributed by atoms with Crippen molar-refractivity contribution in [2.45, 2.75) is 66.2 Å². The quantitative estimate of drug-likeness (QED) is 0.322. The molecule has 0 bridgehead atoms. The first kappa shape index (κ1) is 24.5. The SMILES string of the molecule is CN=C(NCCCCn1ccccc1=O)NCc1ccc(C)cc1OC(C)CC(C)C. The largest absolute Gasteiger partial charge is 0.490 e. The molecular weight excluding hydrogens is 388 g/mol. The Balaban J connectivity index is 1.81. The van der Waals surface area contributed by atoms with Crippen molar-refractivity contribution in [3.05, 3.63) is 64.1 Å². The molecule has 2 N–H and O–H groups in total. The molecule has 6 nitrogen and oxygen atoms in total. The molecule has 1 aromatic heterocycles. The maximum absolute atomic E-state index is 11.7. The Kier molecular flexibility index (Phi) is 10.1. The molecule has 1 heterocycles. The summed E-state index contributed by atoms with van der Waals surface area (Å²) in [5, 5.41) is 6.73. The molecule has 0 saturated carbocycles. The molecule has 0 aliphatic carbocycles. The van der Waals surface area contributed by atoms with E-state index in [4.69, 9.17) is 4.74 Å². The monoisotopic (exact) mass is 426 g/mol. The molecule has 6 heteroatoms. The number of pyridine rings is 1. The van der Waals surface area contributed by atoms with Crippen LogP contribution < -0.4 is 20.9 Å². The first-order valence-electron chi connectivity index (χ1n) is 11.2. The fourth-order valence-electron chi connectivity index (χ4n) is 3.51. The lowest BCUT2D eigenvalue weighted by Crippen LogP contribution is -2.37. The van der Waals surface area contributed by atoms with Gasteiger partial charge in [0.25, 0.3) is 0 Å². The van der Waals surface area contributed by atoms with Gasteiger partial charge in [-0.15, -0.1) is 0 Å². The highest BCUT2D eigenvalue weighted by molar-refractivity contribution is 5.79. The maximum atomic E-state index is 11.7. The second kappa shape index (κ2) is 12.8. The summed E-state index contributed by atoms with van der Waals surface area (Å²) in [4.78, 5) is 16.1. The van der Waals surface area contributed by atoms with Crippen molar-refractivity contribution in [3.8, 4) is 5.75 Å². The van der Waals surface area contributed by atoms with Crippen LogP contribution in [-0.4, -0.2) is 30.2 Å². The average Bonchev–Trinajstić information content (AvgIpc) is 2.71. The number of nitrogens with zero attached hydrogens (tertiary/aromatic N) is 2. The molecule has 2 aromatic rings. The fourth-order valence-corrected chi connectivity index (χ4v) is 3.51. The van der Waals surface area contributed by atoms with Crippen molar-refractivity contribution >= 4 is 5.96 Å². The van der Waals surface area contributed by atoms with Gasteiger partial charge in [0.1, 0.15) is 5.75 Å². The Labute approximate surface area is 186 Å². The number of guanidine groups is 1. The summed E-state index contributed by atoms with van der Waals surface area (Å²) in [6.07, 6.45) is 4.92. The molecule has 1 unspecified atom stereocenters. The molecule has 0 aliphatic rings. The second-order valence-corrected chi connectivity index (χ2v) is 8.46. The standard InChI is InChI=1S/C25H38N4O2/c1-19(2)16-21(4)31-23-17-20(3)11-12-22(23)18-28-25(26-5)27-13-7-9-15-29-14-8-6-10-24(29)30/h6,8,10-12,14,17,19,21H,7,9,13,15-16,18H2,1-5H3,(H2,26,27,28). The highest BCUT2D eigenvalue weighted by Gasteiger charge is 2.11. The third-order valence-electron chi connectivity index (χ3n) is 5.04. The molecule has 0 fully saturated rings. The maximum Gasteiger partial charge on any atom is 0.250 e. The van der Waals surface area contributed by atoms with E-state index in [2.05, 4.69) is 61.5 Å². The van der Waals surface area contributed by atoms with Gasteiger partial charge in [0.15, 0.2) is 5.96 Å². The Hall–Kier alpha value is -2.76. The van der Waals surface area contributed by atoms with Crippen molar-refractivity contribution in [1.82, 2.24) is 15.2 Å². The lowest BCUT2D eigenvalue weighted by atomic mass is 10.1. The summed E-state index contributed by atoms with van der Waals surface area (Å²) in [5.41, 5.74) is 2.36. The minimum absolute atomic E-state index is 0.0479. The lowest BCUT2D eigenvalue weighted by Gasteiger charge is -2.20. The third-order valence-corrected chi connectivity index (χ3v) is 5.04. The van der Waals surface area contributed by atoms with Gasteiger partial charge in [0.2, 0.25) is 5.56 Å². The molecule has 2 rings (SSSR count). The van der Waals surface area contributed by atoms with E-state index in [1.54, 1.807) is 23.7 Å². The van der Waals surface area contributed by atoms with Gasteiger partial charge < -0.3 is 19.9 Å². The first-order valence-corrected chi connectivity index (χ1v) is 11.2. The molecule has 0 radical (unpaired) electrons. The smallest absolute Gasteiger partial charge is 0.250 e. The molecular formula is C25H38N4O2. The van der Waals surface area contributed by atoms with Crippen LogP contribution in [0.3, 0.4) is 0 Å². The summed E-state index contributed by atoms with van der Waals surface area (Å²) in [5.74, 6) is 2.30. The first-order chi connectivity index (χ1) is 14.9. The summed E-state index contributed by atoms with van der Waals surface area (Å²) >= 11 is 0. The van der Waals surface area contributed by atoms with Crippen LogP contribution >= 0.6 is 0 Å². The summed E-state index contributed by atoms with van der Waals surface area (Å²) in [6, 6.07) is 11.6. The minimum Gasteiger partial charge on any atom is -0.490 e. The van der Waals surface area contributed by atoms with Crippen LogP contribution in [0.15, 0.2) is 52.4 Å². The zero-order chi connectivity index (χ0) is 22.6. The Morgan fingerprint density at radius 1 is 1.13 bits per heavy atom. The second-order valence-electron chi connectivity index (χ2n) is 8.46. The van der Waals surface area contributed by atoms with Crippen LogP contribution in [0.5, 0.6) is 5.75 Å². The molecule has 0 amide bonds. The van der Waals surface area contributed by atoms with E-state index in [9.17, 15) is 4.79 Å². The highest BCUT2D eigenvalue weighted by atomic mass is 16.5. The van der Waals surface area contributed by atoms with E-state index >= 15 is 0 Å². The molecule has 170 valence electrons. The van der Waals surface area contributed by atoms with E-state index in [1.807, 2.05) is 12.3 Å². The zero-order valence-corrected chi connectivity index (χ0v) is 19.6. The van der Waals surface area contributed by atoms with Gasteiger partial charge in [0.05, 0.1) is 6.10 Å². The molecule has 1 aromatic carbocycles. The predicted molar refractivity (Wildman–Crippen MR) is 129 cm³/mol.